The summed E-state index contributed by atoms with van der Waals surface area (Å²) >= 11 is 0. The molecule has 1 aromatic rings. The zero-order valence-electron chi connectivity index (χ0n) is 8.06. The van der Waals surface area contributed by atoms with Gasteiger partial charge in [0.15, 0.2) is 5.82 Å². The molecule has 0 bridgehead atoms. The van der Waals surface area contributed by atoms with Crippen molar-refractivity contribution in [2.45, 2.75) is 0 Å². The number of nitrogens with zero attached hydrogens (tertiary/aromatic N) is 3. The molecule has 70 valence electrons. The van der Waals surface area contributed by atoms with Gasteiger partial charge in [-0.15, -0.1) is 0 Å². The number of rotatable bonds is 3. The fraction of sp³-hybridized carbons (Fsp3) is 0.333. The third kappa shape index (κ3) is 2.43. The number of imidazole rings is 1. The fourth-order valence-electron chi connectivity index (χ4n) is 0.894. The highest BCUT2D eigenvalue weighted by Crippen LogP contribution is 1.97. The van der Waals surface area contributed by atoms with Crippen molar-refractivity contribution in [2.24, 2.45) is 7.05 Å². The maximum atomic E-state index is 11.4. The molecule has 0 N–H and O–H groups in total. The average Bonchev–Trinajstić information content (AvgIpc) is 2.47. The third-order valence-electron chi connectivity index (χ3n) is 1.57. The van der Waals surface area contributed by atoms with Crippen LogP contribution in [-0.4, -0.2) is 34.3 Å². The number of carbonyl (C=O) groups is 1. The van der Waals surface area contributed by atoms with Crippen molar-refractivity contribution in [1.82, 2.24) is 14.5 Å². The smallest absolute Gasteiger partial charge is 0.222 e. The minimum Gasteiger partial charge on any atom is -0.383 e. The quantitative estimate of drug-likeness (QED) is 0.506. The lowest BCUT2D eigenvalue weighted by atomic mass is 10.3. The van der Waals surface area contributed by atoms with Crippen LogP contribution >= 0.6 is 0 Å². The average molecular weight is 179 g/mol. The van der Waals surface area contributed by atoms with Gasteiger partial charge in [-0.1, -0.05) is 0 Å². The summed E-state index contributed by atoms with van der Waals surface area (Å²) in [5.74, 6) is 0.374. The number of aromatic nitrogens is 2. The van der Waals surface area contributed by atoms with E-state index < -0.39 is 0 Å². The SMILES string of the molecule is CN(C)/C=C/C(=O)c1nccn1C. The molecule has 0 aromatic carbocycles. The van der Waals surface area contributed by atoms with Gasteiger partial charge in [0.05, 0.1) is 0 Å². The summed E-state index contributed by atoms with van der Waals surface area (Å²) < 4.78 is 1.70. The van der Waals surface area contributed by atoms with Crippen LogP contribution in [0.15, 0.2) is 24.7 Å². The lowest BCUT2D eigenvalue weighted by molar-refractivity contribution is 0.103. The molecule has 0 spiro atoms. The van der Waals surface area contributed by atoms with Gasteiger partial charge in [-0.05, 0) is 0 Å². The number of allylic oxidation sites excluding steroid dienone is 1. The van der Waals surface area contributed by atoms with Crippen LogP contribution in [0.1, 0.15) is 10.6 Å². The second-order valence-electron chi connectivity index (χ2n) is 3.01. The van der Waals surface area contributed by atoms with Crippen molar-refractivity contribution < 1.29 is 4.79 Å². The lowest BCUT2D eigenvalue weighted by Crippen LogP contribution is -2.07. The van der Waals surface area contributed by atoms with Crippen molar-refractivity contribution in [3.8, 4) is 0 Å². The molecule has 0 atom stereocenters. The van der Waals surface area contributed by atoms with Gasteiger partial charge in [-0.3, -0.25) is 4.79 Å². The summed E-state index contributed by atoms with van der Waals surface area (Å²) in [6.45, 7) is 0. The van der Waals surface area contributed by atoms with E-state index in [0.29, 0.717) is 5.82 Å². The Labute approximate surface area is 77.5 Å². The fourth-order valence-corrected chi connectivity index (χ4v) is 0.894. The van der Waals surface area contributed by atoms with Crippen LogP contribution < -0.4 is 0 Å². The predicted octanol–water partition coefficient (Wildman–Crippen LogP) is 0.678. The molecule has 0 aliphatic rings. The van der Waals surface area contributed by atoms with Gasteiger partial charge >= 0.3 is 0 Å². The largest absolute Gasteiger partial charge is 0.383 e. The molecular formula is C9H13N3O. The Bertz CT molecular complexity index is 325. The first-order valence-electron chi connectivity index (χ1n) is 3.97. The molecule has 0 saturated carbocycles. The van der Waals surface area contributed by atoms with Crippen LogP contribution in [0, 0.1) is 0 Å². The molecule has 0 radical (unpaired) electrons. The van der Waals surface area contributed by atoms with Gasteiger partial charge < -0.3 is 9.47 Å². The first-order chi connectivity index (χ1) is 6.11. The molecule has 1 rings (SSSR count). The van der Waals surface area contributed by atoms with E-state index in [1.54, 1.807) is 35.1 Å². The maximum Gasteiger partial charge on any atom is 0.222 e. The Balaban J connectivity index is 2.75. The van der Waals surface area contributed by atoms with Gasteiger partial charge in [-0.2, -0.15) is 0 Å². The van der Waals surface area contributed by atoms with Gasteiger partial charge in [-0.25, -0.2) is 4.98 Å². The molecule has 0 aliphatic carbocycles. The number of hydrogen-bond donors (Lipinski definition) is 0. The Kier molecular flexibility index (Phi) is 2.84. The molecule has 4 heteroatoms. The van der Waals surface area contributed by atoms with E-state index >= 15 is 0 Å². The number of hydrogen-bond acceptors (Lipinski definition) is 3. The highest BCUT2D eigenvalue weighted by Gasteiger charge is 2.05. The van der Waals surface area contributed by atoms with E-state index in [1.165, 1.54) is 6.08 Å². The summed E-state index contributed by atoms with van der Waals surface area (Å²) in [5.41, 5.74) is 0. The molecule has 1 heterocycles. The van der Waals surface area contributed by atoms with Crippen molar-refractivity contribution in [1.29, 1.82) is 0 Å². The van der Waals surface area contributed by atoms with Crippen molar-refractivity contribution >= 4 is 5.78 Å². The summed E-state index contributed by atoms with van der Waals surface area (Å²) in [6.07, 6.45) is 6.56. The zero-order chi connectivity index (χ0) is 9.84. The molecular weight excluding hydrogens is 166 g/mol. The Morgan fingerprint density at radius 2 is 2.31 bits per heavy atom. The van der Waals surface area contributed by atoms with Gasteiger partial charge in [0, 0.05) is 45.8 Å². The first kappa shape index (κ1) is 9.51. The lowest BCUT2D eigenvalue weighted by Gasteiger charge is -2.02. The molecule has 0 fully saturated rings. The van der Waals surface area contributed by atoms with Crippen LogP contribution in [0.25, 0.3) is 0 Å². The molecule has 0 amide bonds. The van der Waals surface area contributed by atoms with Crippen molar-refractivity contribution in [3.05, 3.63) is 30.5 Å². The standard InChI is InChI=1S/C9H13N3O/c1-11(2)6-4-8(13)9-10-5-7-12(9)3/h4-7H,1-3H3/b6-4+. The highest BCUT2D eigenvalue weighted by molar-refractivity contribution is 6.01. The number of aryl methyl sites for hydroxylation is 1. The molecule has 4 nitrogen and oxygen atoms in total. The van der Waals surface area contributed by atoms with E-state index in [4.69, 9.17) is 0 Å². The summed E-state index contributed by atoms with van der Waals surface area (Å²) in [7, 11) is 5.52. The summed E-state index contributed by atoms with van der Waals surface area (Å²) in [6, 6.07) is 0. The van der Waals surface area contributed by atoms with E-state index in [0.717, 1.165) is 0 Å². The van der Waals surface area contributed by atoms with Crippen LogP contribution in [0.4, 0.5) is 0 Å². The van der Waals surface area contributed by atoms with Crippen LogP contribution in [0.3, 0.4) is 0 Å². The Morgan fingerprint density at radius 1 is 1.62 bits per heavy atom. The van der Waals surface area contributed by atoms with E-state index in [9.17, 15) is 4.79 Å². The predicted molar refractivity (Wildman–Crippen MR) is 50.4 cm³/mol. The van der Waals surface area contributed by atoms with Gasteiger partial charge in [0.2, 0.25) is 5.78 Å². The maximum absolute atomic E-state index is 11.4. The summed E-state index contributed by atoms with van der Waals surface area (Å²) in [4.78, 5) is 17.2. The van der Waals surface area contributed by atoms with Crippen LogP contribution in [0.2, 0.25) is 0 Å². The molecule has 0 aliphatic heterocycles. The van der Waals surface area contributed by atoms with E-state index in [2.05, 4.69) is 4.98 Å². The van der Waals surface area contributed by atoms with Gasteiger partial charge in [0.1, 0.15) is 0 Å². The number of ketones is 1. The summed E-state index contributed by atoms with van der Waals surface area (Å²) in [5, 5.41) is 0. The van der Waals surface area contributed by atoms with Crippen LogP contribution in [-0.2, 0) is 7.05 Å². The highest BCUT2D eigenvalue weighted by atomic mass is 16.1. The van der Waals surface area contributed by atoms with Crippen molar-refractivity contribution in [3.63, 3.8) is 0 Å². The van der Waals surface area contributed by atoms with Crippen molar-refractivity contribution in [2.75, 3.05) is 14.1 Å². The molecule has 0 saturated heterocycles. The molecule has 13 heavy (non-hydrogen) atoms. The third-order valence-corrected chi connectivity index (χ3v) is 1.57. The Morgan fingerprint density at radius 3 is 2.77 bits per heavy atom. The minimum absolute atomic E-state index is 0.0822. The molecule has 1 aromatic heterocycles. The normalized spacial score (nSPS) is 10.7. The first-order valence-corrected chi connectivity index (χ1v) is 3.97. The second-order valence-corrected chi connectivity index (χ2v) is 3.01. The zero-order valence-corrected chi connectivity index (χ0v) is 8.06. The van der Waals surface area contributed by atoms with E-state index in [1.807, 2.05) is 14.1 Å². The minimum atomic E-state index is -0.0822. The topological polar surface area (TPSA) is 38.1 Å². The second kappa shape index (κ2) is 3.89. The monoisotopic (exact) mass is 179 g/mol. The number of carbonyl (C=O) groups excluding carboxylic acids is 1. The Hall–Kier alpha value is -1.58. The molecule has 0 unspecified atom stereocenters. The van der Waals surface area contributed by atoms with Crippen LogP contribution in [0.5, 0.6) is 0 Å². The van der Waals surface area contributed by atoms with E-state index in [-0.39, 0.29) is 5.78 Å². The van der Waals surface area contributed by atoms with Gasteiger partial charge in [0.25, 0.3) is 0 Å².